The van der Waals surface area contributed by atoms with Gasteiger partial charge in [0.2, 0.25) is 0 Å². The first-order chi connectivity index (χ1) is 8.60. The van der Waals surface area contributed by atoms with Crippen LogP contribution >= 0.6 is 0 Å². The summed E-state index contributed by atoms with van der Waals surface area (Å²) in [4.78, 5) is 0. The van der Waals surface area contributed by atoms with Crippen molar-refractivity contribution in [3.8, 4) is 11.3 Å². The molecule has 18 heavy (non-hydrogen) atoms. The van der Waals surface area contributed by atoms with Crippen LogP contribution in [0.3, 0.4) is 0 Å². The van der Waals surface area contributed by atoms with Crippen molar-refractivity contribution in [2.24, 2.45) is 0 Å². The van der Waals surface area contributed by atoms with Crippen molar-refractivity contribution in [1.29, 1.82) is 0 Å². The molecule has 1 aromatic carbocycles. The van der Waals surface area contributed by atoms with E-state index in [1.165, 1.54) is 12.1 Å². The van der Waals surface area contributed by atoms with Gasteiger partial charge in [0, 0.05) is 24.4 Å². The van der Waals surface area contributed by atoms with Gasteiger partial charge in [-0.1, -0.05) is 13.3 Å². The number of nitrogens with two attached hydrogens (primary N) is 1. The van der Waals surface area contributed by atoms with Gasteiger partial charge < -0.3 is 5.73 Å². The molecule has 0 aliphatic heterocycles. The van der Waals surface area contributed by atoms with Crippen LogP contribution < -0.4 is 5.73 Å². The molecule has 0 fully saturated rings. The molecule has 1 aromatic heterocycles. The zero-order valence-corrected chi connectivity index (χ0v) is 10.2. The summed E-state index contributed by atoms with van der Waals surface area (Å²) in [6.45, 7) is 2.83. The lowest BCUT2D eigenvalue weighted by atomic mass is 10.1. The Bertz CT molecular complexity index is 529. The smallest absolute Gasteiger partial charge is 0.126 e. The van der Waals surface area contributed by atoms with Crippen LogP contribution in [0.5, 0.6) is 0 Å². The van der Waals surface area contributed by atoms with Crippen LogP contribution in [0, 0.1) is 11.6 Å². The third-order valence-corrected chi connectivity index (χ3v) is 2.67. The van der Waals surface area contributed by atoms with Gasteiger partial charge in [-0.25, -0.2) is 8.78 Å². The SMILES string of the molecule is CCCCn1cc(N)c(-c2cc(F)cc(F)c2)n1. The number of hydrogen-bond acceptors (Lipinski definition) is 2. The maximum absolute atomic E-state index is 13.1. The van der Waals surface area contributed by atoms with Gasteiger partial charge in [0.25, 0.3) is 0 Å². The zero-order valence-electron chi connectivity index (χ0n) is 10.2. The molecule has 3 nitrogen and oxygen atoms in total. The molecule has 96 valence electrons. The van der Waals surface area contributed by atoms with Gasteiger partial charge in [0.1, 0.15) is 17.3 Å². The fraction of sp³-hybridized carbons (Fsp3) is 0.308. The predicted molar refractivity (Wildman–Crippen MR) is 66.9 cm³/mol. The molecule has 0 bridgehead atoms. The maximum atomic E-state index is 13.1. The number of hydrogen-bond donors (Lipinski definition) is 1. The van der Waals surface area contributed by atoms with E-state index in [-0.39, 0.29) is 0 Å². The monoisotopic (exact) mass is 251 g/mol. The number of unbranched alkanes of at least 4 members (excludes halogenated alkanes) is 1. The molecule has 0 saturated heterocycles. The Balaban J connectivity index is 2.34. The third-order valence-electron chi connectivity index (χ3n) is 2.67. The van der Waals surface area contributed by atoms with E-state index in [0.29, 0.717) is 16.9 Å². The topological polar surface area (TPSA) is 43.8 Å². The Kier molecular flexibility index (Phi) is 3.60. The van der Waals surface area contributed by atoms with Crippen molar-refractivity contribution < 1.29 is 8.78 Å². The van der Waals surface area contributed by atoms with Crippen molar-refractivity contribution >= 4 is 5.69 Å². The lowest BCUT2D eigenvalue weighted by Crippen LogP contribution is -1.98. The Morgan fingerprint density at radius 3 is 2.50 bits per heavy atom. The largest absolute Gasteiger partial charge is 0.396 e. The molecule has 2 aromatic rings. The highest BCUT2D eigenvalue weighted by atomic mass is 19.1. The third kappa shape index (κ3) is 2.67. The lowest BCUT2D eigenvalue weighted by Gasteiger charge is -2.00. The number of aromatic nitrogens is 2. The molecular weight excluding hydrogens is 236 g/mol. The van der Waals surface area contributed by atoms with Gasteiger partial charge in [-0.3, -0.25) is 4.68 Å². The minimum Gasteiger partial charge on any atom is -0.396 e. The van der Waals surface area contributed by atoms with Crippen molar-refractivity contribution in [2.45, 2.75) is 26.3 Å². The van der Waals surface area contributed by atoms with E-state index in [9.17, 15) is 8.78 Å². The summed E-state index contributed by atoms with van der Waals surface area (Å²) in [5.41, 5.74) is 7.03. The highest BCUT2D eigenvalue weighted by molar-refractivity contribution is 5.71. The van der Waals surface area contributed by atoms with E-state index in [4.69, 9.17) is 5.73 Å². The molecule has 0 amide bonds. The number of benzene rings is 1. The van der Waals surface area contributed by atoms with Crippen molar-refractivity contribution in [2.75, 3.05) is 5.73 Å². The van der Waals surface area contributed by atoms with E-state index in [0.717, 1.165) is 25.5 Å². The average Bonchev–Trinajstić information content (AvgIpc) is 2.66. The summed E-state index contributed by atoms with van der Waals surface area (Å²) in [6, 6.07) is 3.28. The normalized spacial score (nSPS) is 10.8. The number of nitrogens with zero attached hydrogens (tertiary/aromatic N) is 2. The molecule has 0 radical (unpaired) electrons. The lowest BCUT2D eigenvalue weighted by molar-refractivity contribution is 0.572. The molecule has 0 spiro atoms. The highest BCUT2D eigenvalue weighted by Gasteiger charge is 2.11. The second-order valence-corrected chi connectivity index (χ2v) is 4.21. The molecule has 0 atom stereocenters. The fourth-order valence-corrected chi connectivity index (χ4v) is 1.79. The number of rotatable bonds is 4. The molecule has 0 aliphatic carbocycles. The zero-order chi connectivity index (χ0) is 13.1. The summed E-state index contributed by atoms with van der Waals surface area (Å²) in [5.74, 6) is -1.26. The van der Waals surface area contributed by atoms with Gasteiger partial charge in [-0.2, -0.15) is 5.10 Å². The van der Waals surface area contributed by atoms with Crippen LogP contribution in [-0.2, 0) is 6.54 Å². The Labute approximate surface area is 104 Å². The van der Waals surface area contributed by atoms with Gasteiger partial charge >= 0.3 is 0 Å². The first kappa shape index (κ1) is 12.5. The fourth-order valence-electron chi connectivity index (χ4n) is 1.79. The maximum Gasteiger partial charge on any atom is 0.126 e. The number of halogens is 2. The van der Waals surface area contributed by atoms with Crippen molar-refractivity contribution in [3.63, 3.8) is 0 Å². The molecular formula is C13H15F2N3. The van der Waals surface area contributed by atoms with Crippen LogP contribution in [-0.4, -0.2) is 9.78 Å². The predicted octanol–water partition coefficient (Wildman–Crippen LogP) is 3.21. The minimum atomic E-state index is -0.632. The van der Waals surface area contributed by atoms with Gasteiger partial charge in [-0.15, -0.1) is 0 Å². The first-order valence-corrected chi connectivity index (χ1v) is 5.89. The summed E-state index contributed by atoms with van der Waals surface area (Å²) >= 11 is 0. The average molecular weight is 251 g/mol. The number of anilines is 1. The summed E-state index contributed by atoms with van der Waals surface area (Å²) in [5, 5.41) is 4.26. The Morgan fingerprint density at radius 2 is 1.89 bits per heavy atom. The van der Waals surface area contributed by atoms with Crippen LogP contribution in [0.4, 0.5) is 14.5 Å². The van der Waals surface area contributed by atoms with Crippen molar-refractivity contribution in [1.82, 2.24) is 9.78 Å². The second-order valence-electron chi connectivity index (χ2n) is 4.21. The summed E-state index contributed by atoms with van der Waals surface area (Å²) in [7, 11) is 0. The summed E-state index contributed by atoms with van der Waals surface area (Å²) in [6.07, 6.45) is 3.72. The van der Waals surface area contributed by atoms with Gasteiger partial charge in [0.05, 0.1) is 5.69 Å². The van der Waals surface area contributed by atoms with Crippen LogP contribution in [0.25, 0.3) is 11.3 Å². The Hall–Kier alpha value is -1.91. The van der Waals surface area contributed by atoms with E-state index >= 15 is 0 Å². The summed E-state index contributed by atoms with van der Waals surface area (Å²) < 4.78 is 28.0. The molecule has 0 aliphatic rings. The molecule has 0 unspecified atom stereocenters. The van der Waals surface area contributed by atoms with Crippen LogP contribution in [0.15, 0.2) is 24.4 Å². The minimum absolute atomic E-state index is 0.361. The number of nitrogen functional groups attached to an aromatic ring is 1. The van der Waals surface area contributed by atoms with Crippen molar-refractivity contribution in [3.05, 3.63) is 36.0 Å². The van der Waals surface area contributed by atoms with Gasteiger partial charge in [-0.05, 0) is 18.6 Å². The first-order valence-electron chi connectivity index (χ1n) is 5.89. The molecule has 5 heteroatoms. The second kappa shape index (κ2) is 5.16. The van der Waals surface area contributed by atoms with E-state index < -0.39 is 11.6 Å². The van der Waals surface area contributed by atoms with E-state index in [1.807, 2.05) is 0 Å². The van der Waals surface area contributed by atoms with Crippen LogP contribution in [0.2, 0.25) is 0 Å². The molecule has 2 N–H and O–H groups in total. The van der Waals surface area contributed by atoms with E-state index in [1.54, 1.807) is 10.9 Å². The standard InChI is InChI=1S/C13H15F2N3/c1-2-3-4-18-8-12(16)13(17-18)9-5-10(14)7-11(15)6-9/h5-8H,2-4,16H2,1H3. The highest BCUT2D eigenvalue weighted by Crippen LogP contribution is 2.25. The quantitative estimate of drug-likeness (QED) is 0.906. The van der Waals surface area contributed by atoms with Crippen LogP contribution in [0.1, 0.15) is 19.8 Å². The van der Waals surface area contributed by atoms with E-state index in [2.05, 4.69) is 12.0 Å². The molecule has 2 rings (SSSR count). The molecule has 1 heterocycles. The molecule has 0 saturated carbocycles. The number of aryl methyl sites for hydroxylation is 1. The Morgan fingerprint density at radius 1 is 1.22 bits per heavy atom. The van der Waals surface area contributed by atoms with Gasteiger partial charge in [0.15, 0.2) is 0 Å².